The van der Waals surface area contributed by atoms with E-state index in [2.05, 4.69) is 27.1 Å². The van der Waals surface area contributed by atoms with Crippen molar-refractivity contribution in [2.45, 2.75) is 57.4 Å². The van der Waals surface area contributed by atoms with E-state index < -0.39 is 0 Å². The fourth-order valence-electron chi connectivity index (χ4n) is 4.37. The number of nitrogens with one attached hydrogen (secondary N) is 1. The zero-order valence-electron chi connectivity index (χ0n) is 16.2. The van der Waals surface area contributed by atoms with Crippen molar-refractivity contribution >= 4 is 11.6 Å². The number of amides is 1. The summed E-state index contributed by atoms with van der Waals surface area (Å²) in [4.78, 5) is 21.4. The number of aromatic nitrogens is 1. The summed E-state index contributed by atoms with van der Waals surface area (Å²) in [6.07, 6.45) is 13.6. The maximum absolute atomic E-state index is 12.6. The summed E-state index contributed by atoms with van der Waals surface area (Å²) in [6, 6.07) is 4.81. The summed E-state index contributed by atoms with van der Waals surface area (Å²) in [5, 5.41) is 3.18. The first-order valence-electron chi connectivity index (χ1n) is 10.4. The first-order valence-corrected chi connectivity index (χ1v) is 10.4. The Balaban J connectivity index is 1.36. The molecule has 1 saturated carbocycles. The van der Waals surface area contributed by atoms with Crippen LogP contribution in [0.15, 0.2) is 24.5 Å². The number of hydrogen-bond acceptors (Lipinski definition) is 4. The Morgan fingerprint density at radius 2 is 1.96 bits per heavy atom. The molecule has 26 heavy (non-hydrogen) atoms. The third-order valence-electron chi connectivity index (χ3n) is 6.00. The number of nitrogens with zero attached hydrogens (tertiary/aromatic N) is 3. The first kappa shape index (κ1) is 19.2. The van der Waals surface area contributed by atoms with E-state index in [0.717, 1.165) is 51.5 Å². The van der Waals surface area contributed by atoms with E-state index in [9.17, 15) is 4.79 Å². The van der Waals surface area contributed by atoms with Gasteiger partial charge in [0.05, 0.1) is 5.92 Å². The topological polar surface area (TPSA) is 48.5 Å². The van der Waals surface area contributed by atoms with Crippen molar-refractivity contribution in [3.8, 4) is 0 Å². The van der Waals surface area contributed by atoms with Gasteiger partial charge in [-0.3, -0.25) is 9.78 Å². The van der Waals surface area contributed by atoms with E-state index >= 15 is 0 Å². The van der Waals surface area contributed by atoms with Crippen molar-refractivity contribution in [3.05, 3.63) is 24.5 Å². The van der Waals surface area contributed by atoms with Gasteiger partial charge in [0.1, 0.15) is 0 Å². The molecule has 0 bridgehead atoms. The van der Waals surface area contributed by atoms with Gasteiger partial charge in [-0.25, -0.2) is 0 Å². The van der Waals surface area contributed by atoms with E-state index in [4.69, 9.17) is 0 Å². The molecule has 0 radical (unpaired) electrons. The monoisotopic (exact) mass is 358 g/mol. The summed E-state index contributed by atoms with van der Waals surface area (Å²) in [5.74, 6) is 0.331. The van der Waals surface area contributed by atoms with Crippen LogP contribution in [0.25, 0.3) is 0 Å². The van der Waals surface area contributed by atoms with Crippen LogP contribution in [0.5, 0.6) is 0 Å². The molecule has 1 amide bonds. The Morgan fingerprint density at radius 1 is 1.19 bits per heavy atom. The minimum absolute atomic E-state index is 0.105. The summed E-state index contributed by atoms with van der Waals surface area (Å²) in [7, 11) is 2.24. The summed E-state index contributed by atoms with van der Waals surface area (Å²) >= 11 is 0. The SMILES string of the molecule is CN(CCCNC(=O)C1CCCN(c2ccncc2)C1)C1CCCCC1. The van der Waals surface area contributed by atoms with Crippen molar-refractivity contribution in [3.63, 3.8) is 0 Å². The standard InChI is InChI=1S/C21H34N4O/c1-24(19-8-3-2-4-9-19)15-6-12-23-21(26)18-7-5-16-25(17-18)20-10-13-22-14-11-20/h10-11,13-14,18-19H,2-9,12,15-17H2,1H3,(H,23,26). The molecule has 1 atom stereocenters. The Hall–Kier alpha value is -1.62. The second-order valence-electron chi connectivity index (χ2n) is 7.91. The highest BCUT2D eigenvalue weighted by Crippen LogP contribution is 2.23. The highest BCUT2D eigenvalue weighted by atomic mass is 16.1. The first-order chi connectivity index (χ1) is 12.7. The van der Waals surface area contributed by atoms with E-state index in [1.54, 1.807) is 0 Å². The van der Waals surface area contributed by atoms with Gasteiger partial charge in [0, 0.05) is 43.8 Å². The van der Waals surface area contributed by atoms with Crippen molar-refractivity contribution in [2.24, 2.45) is 5.92 Å². The molecule has 3 rings (SSSR count). The summed E-state index contributed by atoms with van der Waals surface area (Å²) in [6.45, 7) is 3.72. The normalized spacial score (nSPS) is 21.8. The Kier molecular flexibility index (Phi) is 7.30. The number of carbonyl (C=O) groups excluding carboxylic acids is 1. The molecule has 2 fully saturated rings. The molecule has 1 N–H and O–H groups in total. The van der Waals surface area contributed by atoms with Crippen LogP contribution in [0.2, 0.25) is 0 Å². The van der Waals surface area contributed by atoms with Gasteiger partial charge in [0.15, 0.2) is 0 Å². The van der Waals surface area contributed by atoms with Crippen molar-refractivity contribution in [2.75, 3.05) is 38.1 Å². The molecule has 5 nitrogen and oxygen atoms in total. The van der Waals surface area contributed by atoms with Crippen LogP contribution in [0.3, 0.4) is 0 Å². The number of hydrogen-bond donors (Lipinski definition) is 1. The largest absolute Gasteiger partial charge is 0.371 e. The third-order valence-corrected chi connectivity index (χ3v) is 6.00. The van der Waals surface area contributed by atoms with E-state index in [-0.39, 0.29) is 11.8 Å². The van der Waals surface area contributed by atoms with Gasteiger partial charge in [-0.15, -0.1) is 0 Å². The lowest BCUT2D eigenvalue weighted by Crippen LogP contribution is -2.43. The molecule has 144 valence electrons. The minimum Gasteiger partial charge on any atom is -0.371 e. The number of pyridine rings is 1. The molecule has 5 heteroatoms. The van der Waals surface area contributed by atoms with Gasteiger partial charge in [-0.05, 0) is 57.8 Å². The van der Waals surface area contributed by atoms with Crippen LogP contribution in [-0.4, -0.2) is 55.1 Å². The minimum atomic E-state index is 0.105. The van der Waals surface area contributed by atoms with Crippen LogP contribution in [0.4, 0.5) is 5.69 Å². The predicted molar refractivity (Wildman–Crippen MR) is 106 cm³/mol. The molecule has 0 aromatic carbocycles. The Bertz CT molecular complexity index is 544. The number of rotatable bonds is 7. The molecule has 1 aromatic rings. The van der Waals surface area contributed by atoms with Gasteiger partial charge in [0.25, 0.3) is 0 Å². The van der Waals surface area contributed by atoms with Gasteiger partial charge >= 0.3 is 0 Å². The lowest BCUT2D eigenvalue weighted by molar-refractivity contribution is -0.125. The third kappa shape index (κ3) is 5.44. The smallest absolute Gasteiger partial charge is 0.224 e. The zero-order valence-corrected chi connectivity index (χ0v) is 16.2. The van der Waals surface area contributed by atoms with E-state index in [1.165, 1.54) is 37.8 Å². The van der Waals surface area contributed by atoms with Crippen molar-refractivity contribution in [1.82, 2.24) is 15.2 Å². The van der Waals surface area contributed by atoms with Gasteiger partial charge < -0.3 is 15.1 Å². The van der Waals surface area contributed by atoms with Crippen LogP contribution in [0, 0.1) is 5.92 Å². The highest BCUT2D eigenvalue weighted by molar-refractivity contribution is 5.79. The van der Waals surface area contributed by atoms with E-state index in [1.807, 2.05) is 24.5 Å². The van der Waals surface area contributed by atoms with Crippen LogP contribution in [0.1, 0.15) is 51.4 Å². The second kappa shape index (κ2) is 9.91. The summed E-state index contributed by atoms with van der Waals surface area (Å²) in [5.41, 5.74) is 1.17. The predicted octanol–water partition coefficient (Wildman–Crippen LogP) is 3.07. The second-order valence-corrected chi connectivity index (χ2v) is 7.91. The number of carbonyl (C=O) groups is 1. The zero-order chi connectivity index (χ0) is 18.2. The molecular formula is C21H34N4O. The number of anilines is 1. The molecule has 1 unspecified atom stereocenters. The lowest BCUT2D eigenvalue weighted by Gasteiger charge is -2.34. The Morgan fingerprint density at radius 3 is 2.73 bits per heavy atom. The van der Waals surface area contributed by atoms with Crippen molar-refractivity contribution in [1.29, 1.82) is 0 Å². The summed E-state index contributed by atoms with van der Waals surface area (Å²) < 4.78 is 0. The number of piperidine rings is 1. The molecule has 2 aliphatic rings. The average Bonchev–Trinajstić information content (AvgIpc) is 2.72. The fraction of sp³-hybridized carbons (Fsp3) is 0.714. The lowest BCUT2D eigenvalue weighted by atomic mass is 9.94. The maximum Gasteiger partial charge on any atom is 0.224 e. The maximum atomic E-state index is 12.6. The highest BCUT2D eigenvalue weighted by Gasteiger charge is 2.25. The molecule has 0 spiro atoms. The van der Waals surface area contributed by atoms with E-state index in [0.29, 0.717) is 0 Å². The van der Waals surface area contributed by atoms with Crippen LogP contribution < -0.4 is 10.2 Å². The molecule has 1 saturated heterocycles. The van der Waals surface area contributed by atoms with Gasteiger partial charge in [-0.1, -0.05) is 19.3 Å². The molecular weight excluding hydrogens is 324 g/mol. The molecule has 1 aliphatic carbocycles. The average molecular weight is 359 g/mol. The van der Waals surface area contributed by atoms with Crippen molar-refractivity contribution < 1.29 is 4.79 Å². The van der Waals surface area contributed by atoms with Gasteiger partial charge in [0.2, 0.25) is 5.91 Å². The fourth-order valence-corrected chi connectivity index (χ4v) is 4.37. The van der Waals surface area contributed by atoms with Gasteiger partial charge in [-0.2, -0.15) is 0 Å². The molecule has 1 aliphatic heterocycles. The molecule has 1 aromatic heterocycles. The van der Waals surface area contributed by atoms with Crippen LogP contribution in [-0.2, 0) is 4.79 Å². The molecule has 2 heterocycles. The quantitative estimate of drug-likeness (QED) is 0.761. The Labute approximate surface area is 158 Å². The van der Waals surface area contributed by atoms with Crippen LogP contribution >= 0.6 is 0 Å².